The second kappa shape index (κ2) is 11.4. The fourth-order valence-electron chi connectivity index (χ4n) is 5.66. The molecule has 2 aromatic heterocycles. The monoisotopic (exact) mass is 570 g/mol. The number of H-pyrrole nitrogens is 2. The Morgan fingerprint density at radius 2 is 1.79 bits per heavy atom. The molecule has 1 atom stereocenters. The van der Waals surface area contributed by atoms with Crippen molar-refractivity contribution in [1.82, 2.24) is 24.8 Å². The summed E-state index contributed by atoms with van der Waals surface area (Å²) >= 11 is 0. The number of aryl methyl sites for hydroxylation is 2. The number of aliphatic hydroxyl groups is 1. The Morgan fingerprint density at radius 1 is 1.02 bits per heavy atom. The number of benzene rings is 2. The first-order valence-electron chi connectivity index (χ1n) is 14.2. The average Bonchev–Trinajstić information content (AvgIpc) is 3.68. The minimum absolute atomic E-state index is 0.0721. The van der Waals surface area contributed by atoms with E-state index in [1.165, 1.54) is 11.1 Å². The van der Waals surface area contributed by atoms with Crippen LogP contribution in [0.4, 0.5) is 5.69 Å². The second-order valence-corrected chi connectivity index (χ2v) is 11.0. The summed E-state index contributed by atoms with van der Waals surface area (Å²) in [4.78, 5) is 53.1. The highest BCUT2D eigenvalue weighted by molar-refractivity contribution is 6.22. The molecule has 1 saturated heterocycles. The third kappa shape index (κ3) is 5.40. The van der Waals surface area contributed by atoms with Gasteiger partial charge in [0.2, 0.25) is 0 Å². The minimum Gasteiger partial charge on any atom is -0.491 e. The molecule has 4 aromatic rings. The number of aromatic nitrogens is 3. The quantitative estimate of drug-likeness (QED) is 0.213. The molecule has 0 unspecified atom stereocenters. The number of amides is 2. The molecule has 1 fully saturated rings. The van der Waals surface area contributed by atoms with Crippen molar-refractivity contribution in [2.45, 2.75) is 32.8 Å². The molecule has 42 heavy (non-hydrogen) atoms. The van der Waals surface area contributed by atoms with Crippen LogP contribution in [0.15, 0.2) is 47.4 Å². The van der Waals surface area contributed by atoms with Crippen LogP contribution in [0.1, 0.15) is 44.7 Å². The van der Waals surface area contributed by atoms with Gasteiger partial charge in [-0.25, -0.2) is 4.98 Å². The normalized spacial score (nSPS) is 15.9. The maximum atomic E-state index is 13.1. The summed E-state index contributed by atoms with van der Waals surface area (Å²) in [6.45, 7) is 7.18. The van der Waals surface area contributed by atoms with Crippen LogP contribution in [0, 0.1) is 13.8 Å². The zero-order valence-electron chi connectivity index (χ0n) is 23.7. The first kappa shape index (κ1) is 27.7. The van der Waals surface area contributed by atoms with Crippen LogP contribution in [0.3, 0.4) is 0 Å². The number of carbonyl (C=O) groups excluding carboxylic acids is 2. The fourth-order valence-corrected chi connectivity index (χ4v) is 5.66. The first-order valence-corrected chi connectivity index (χ1v) is 14.2. The van der Waals surface area contributed by atoms with Gasteiger partial charge in [-0.1, -0.05) is 17.7 Å². The lowest BCUT2D eigenvalue weighted by molar-refractivity contribution is 0.0640. The van der Waals surface area contributed by atoms with Gasteiger partial charge in [0.05, 0.1) is 27.8 Å². The van der Waals surface area contributed by atoms with Crippen LogP contribution in [-0.4, -0.2) is 87.1 Å². The van der Waals surface area contributed by atoms with Crippen LogP contribution in [0.2, 0.25) is 0 Å². The van der Waals surface area contributed by atoms with E-state index >= 15 is 0 Å². The number of aromatic amines is 2. The van der Waals surface area contributed by atoms with Crippen molar-refractivity contribution in [3.63, 3.8) is 0 Å². The number of hydrogen-bond acceptors (Lipinski definition) is 8. The van der Waals surface area contributed by atoms with E-state index in [1.54, 1.807) is 18.2 Å². The predicted octanol–water partition coefficient (Wildman–Crippen LogP) is 3.08. The third-order valence-corrected chi connectivity index (χ3v) is 7.90. The van der Waals surface area contributed by atoms with Gasteiger partial charge in [-0.2, -0.15) is 0 Å². The highest BCUT2D eigenvalue weighted by Crippen LogP contribution is 2.30. The predicted molar refractivity (Wildman–Crippen MR) is 159 cm³/mol. The standard InChI is InChI=1S/C31H34N6O5/c1-18-5-6-26(19(2)13-18)42-17-20(38)16-33-23-7-8-32-29(39)27(23)28-34-24-14-21-22(15-25(24)35-28)31(41)37(30(21)40)12-11-36-9-3-4-10-36/h5-8,13-15,20,38H,3-4,9-12,16-17H2,1-2H3,(H,34,35)(H2,32,33,39)/t20-/m1/s1. The van der Waals surface area contributed by atoms with Crippen molar-refractivity contribution < 1.29 is 19.4 Å². The largest absolute Gasteiger partial charge is 0.491 e. The summed E-state index contributed by atoms with van der Waals surface area (Å²) in [5.41, 5.74) is 4.12. The summed E-state index contributed by atoms with van der Waals surface area (Å²) < 4.78 is 5.79. The van der Waals surface area contributed by atoms with Crippen LogP contribution in [0.25, 0.3) is 22.4 Å². The second-order valence-electron chi connectivity index (χ2n) is 11.0. The molecule has 0 bridgehead atoms. The van der Waals surface area contributed by atoms with Gasteiger partial charge in [0.1, 0.15) is 29.8 Å². The lowest BCUT2D eigenvalue weighted by atomic mass is 10.1. The van der Waals surface area contributed by atoms with E-state index in [4.69, 9.17) is 4.74 Å². The molecule has 4 heterocycles. The zero-order chi connectivity index (χ0) is 29.4. The number of imidazole rings is 1. The van der Waals surface area contributed by atoms with Gasteiger partial charge in [0.25, 0.3) is 17.4 Å². The van der Waals surface area contributed by atoms with Gasteiger partial charge in [-0.3, -0.25) is 19.3 Å². The zero-order valence-corrected chi connectivity index (χ0v) is 23.7. The van der Waals surface area contributed by atoms with Gasteiger partial charge in [-0.05, 0) is 69.6 Å². The van der Waals surface area contributed by atoms with E-state index in [0.29, 0.717) is 46.7 Å². The van der Waals surface area contributed by atoms with E-state index in [9.17, 15) is 19.5 Å². The van der Waals surface area contributed by atoms with Crippen molar-refractivity contribution in [2.75, 3.05) is 44.6 Å². The lowest BCUT2D eigenvalue weighted by Gasteiger charge is -2.19. The highest BCUT2D eigenvalue weighted by atomic mass is 16.5. The van der Waals surface area contributed by atoms with Crippen molar-refractivity contribution in [1.29, 1.82) is 0 Å². The molecule has 11 heteroatoms. The molecular weight excluding hydrogens is 536 g/mol. The Hall–Kier alpha value is -4.48. The number of rotatable bonds is 10. The number of carbonyl (C=O) groups is 2. The van der Waals surface area contributed by atoms with Gasteiger partial charge in [-0.15, -0.1) is 0 Å². The number of imide groups is 1. The summed E-state index contributed by atoms with van der Waals surface area (Å²) in [6, 6.07) is 10.8. The Labute approximate surface area is 242 Å². The topological polar surface area (TPSA) is 144 Å². The van der Waals surface area contributed by atoms with Crippen LogP contribution >= 0.6 is 0 Å². The molecule has 0 aliphatic carbocycles. The van der Waals surface area contributed by atoms with Crippen molar-refractivity contribution >= 4 is 28.5 Å². The summed E-state index contributed by atoms with van der Waals surface area (Å²) in [7, 11) is 0. The van der Waals surface area contributed by atoms with Crippen LogP contribution < -0.4 is 15.6 Å². The minimum atomic E-state index is -0.845. The molecule has 11 nitrogen and oxygen atoms in total. The van der Waals surface area contributed by atoms with Gasteiger partial charge in [0, 0.05) is 25.8 Å². The van der Waals surface area contributed by atoms with E-state index in [-0.39, 0.29) is 41.9 Å². The number of hydrogen-bond donors (Lipinski definition) is 4. The summed E-state index contributed by atoms with van der Waals surface area (Å²) in [5.74, 6) is 0.351. The summed E-state index contributed by atoms with van der Waals surface area (Å²) in [6.07, 6.45) is 2.95. The Balaban J connectivity index is 1.18. The van der Waals surface area contributed by atoms with Crippen LogP contribution in [-0.2, 0) is 0 Å². The van der Waals surface area contributed by atoms with Gasteiger partial charge in [0.15, 0.2) is 0 Å². The van der Waals surface area contributed by atoms with Crippen LogP contribution in [0.5, 0.6) is 5.75 Å². The Kier molecular flexibility index (Phi) is 7.53. The third-order valence-electron chi connectivity index (χ3n) is 7.90. The average molecular weight is 571 g/mol. The molecule has 2 aromatic carbocycles. The molecule has 2 aliphatic rings. The lowest BCUT2D eigenvalue weighted by Crippen LogP contribution is -2.37. The number of aliphatic hydroxyl groups excluding tert-OH is 1. The van der Waals surface area contributed by atoms with E-state index in [0.717, 1.165) is 37.1 Å². The number of fused-ring (bicyclic) bond motifs is 2. The number of nitrogens with zero attached hydrogens (tertiary/aromatic N) is 3. The molecule has 0 saturated carbocycles. The van der Waals surface area contributed by atoms with Crippen molar-refractivity contribution in [3.05, 3.63) is 75.2 Å². The first-order chi connectivity index (χ1) is 20.3. The molecule has 2 amide bonds. The Bertz CT molecular complexity index is 1670. The van der Waals surface area contributed by atoms with E-state index in [1.807, 2.05) is 32.0 Å². The fraction of sp³-hybridized carbons (Fsp3) is 0.355. The molecular formula is C31H34N6O5. The number of ether oxygens (including phenoxy) is 1. The van der Waals surface area contributed by atoms with Gasteiger partial charge >= 0.3 is 0 Å². The smallest absolute Gasteiger partial charge is 0.261 e. The molecule has 0 radical (unpaired) electrons. The van der Waals surface area contributed by atoms with E-state index in [2.05, 4.69) is 25.2 Å². The molecule has 218 valence electrons. The SMILES string of the molecule is Cc1ccc(OC[C@H](O)CNc2cc[nH]c(=O)c2-c2nc3cc4c(cc3[nH]2)C(=O)N(CCN2CCCC2)C4=O)c(C)c1. The molecule has 2 aliphatic heterocycles. The van der Waals surface area contributed by atoms with Gasteiger partial charge < -0.3 is 30.0 Å². The number of likely N-dealkylation sites (tertiary alicyclic amines) is 1. The number of anilines is 1. The maximum absolute atomic E-state index is 13.1. The van der Waals surface area contributed by atoms with E-state index < -0.39 is 6.10 Å². The number of pyridine rings is 1. The summed E-state index contributed by atoms with van der Waals surface area (Å²) in [5, 5.41) is 13.7. The molecule has 4 N–H and O–H groups in total. The number of nitrogens with one attached hydrogen (secondary N) is 3. The van der Waals surface area contributed by atoms with Crippen molar-refractivity contribution in [3.8, 4) is 17.1 Å². The maximum Gasteiger partial charge on any atom is 0.261 e. The highest BCUT2D eigenvalue weighted by Gasteiger charge is 2.36. The van der Waals surface area contributed by atoms with Crippen molar-refractivity contribution in [2.24, 2.45) is 0 Å². The Morgan fingerprint density at radius 3 is 2.55 bits per heavy atom. The molecule has 0 spiro atoms. The molecule has 6 rings (SSSR count).